The summed E-state index contributed by atoms with van der Waals surface area (Å²) in [6, 6.07) is 23.3. The van der Waals surface area contributed by atoms with E-state index in [4.69, 9.17) is 4.74 Å². The molecular weight excluding hydrogens is 332 g/mol. The first-order chi connectivity index (χ1) is 13.3. The van der Waals surface area contributed by atoms with Crippen LogP contribution in [0.3, 0.4) is 0 Å². The normalized spacial score (nSPS) is 12.6. The third-order valence-electron chi connectivity index (χ3n) is 5.15. The smallest absolute Gasteiger partial charge is 0.144 e. The van der Waals surface area contributed by atoms with E-state index in [1.165, 1.54) is 27.9 Å². The van der Waals surface area contributed by atoms with E-state index in [9.17, 15) is 0 Å². The number of hydrogen-bond donors (Lipinski definition) is 0. The molecule has 0 radical (unpaired) electrons. The molecule has 3 aromatic carbocycles. The Morgan fingerprint density at radius 2 is 1.81 bits per heavy atom. The zero-order chi connectivity index (χ0) is 18.2. The van der Waals surface area contributed by atoms with Gasteiger partial charge in [0.15, 0.2) is 0 Å². The van der Waals surface area contributed by atoms with Crippen LogP contribution in [-0.2, 0) is 6.42 Å². The first kappa shape index (κ1) is 15.9. The minimum atomic E-state index is 0.767. The minimum absolute atomic E-state index is 0.767. The summed E-state index contributed by atoms with van der Waals surface area (Å²) in [5.74, 6) is 1.95. The molecule has 1 aromatic heterocycles. The van der Waals surface area contributed by atoms with Gasteiger partial charge in [-0.1, -0.05) is 48.5 Å². The molecule has 0 amide bonds. The molecule has 0 N–H and O–H groups in total. The van der Waals surface area contributed by atoms with Crippen LogP contribution in [0.15, 0.2) is 79.1 Å². The van der Waals surface area contributed by atoms with Gasteiger partial charge in [0.2, 0.25) is 0 Å². The second-order valence-corrected chi connectivity index (χ2v) is 6.88. The van der Waals surface area contributed by atoms with E-state index in [0.717, 1.165) is 30.2 Å². The van der Waals surface area contributed by atoms with E-state index in [-0.39, 0.29) is 0 Å². The number of aryl methyl sites for hydroxylation is 1. The number of para-hydroxylation sites is 1. The molecule has 0 aliphatic carbocycles. The Bertz CT molecular complexity index is 1110. The number of fused-ring (bicyclic) bond motifs is 1. The molecule has 0 bridgehead atoms. The minimum Gasteiger partial charge on any atom is -0.493 e. The van der Waals surface area contributed by atoms with Crippen molar-refractivity contribution in [1.29, 1.82) is 0 Å². The Balaban J connectivity index is 1.69. The summed E-state index contributed by atoms with van der Waals surface area (Å²) < 4.78 is 7.86. The van der Waals surface area contributed by atoms with Gasteiger partial charge in [0.05, 0.1) is 12.3 Å². The molecular formula is C24H20N2O. The molecule has 1 aliphatic rings. The number of ether oxygens (including phenoxy) is 1. The van der Waals surface area contributed by atoms with Crippen LogP contribution in [0, 0.1) is 6.92 Å². The number of imidazole rings is 1. The van der Waals surface area contributed by atoms with Crippen LogP contribution >= 0.6 is 0 Å². The third-order valence-corrected chi connectivity index (χ3v) is 5.15. The van der Waals surface area contributed by atoms with Crippen molar-refractivity contribution in [3.63, 3.8) is 0 Å². The lowest BCUT2D eigenvalue weighted by atomic mass is 10.00. The number of aromatic nitrogens is 2. The summed E-state index contributed by atoms with van der Waals surface area (Å²) in [5.41, 5.74) is 7.19. The fraction of sp³-hybridized carbons (Fsp3) is 0.125. The van der Waals surface area contributed by atoms with Crippen molar-refractivity contribution >= 4 is 0 Å². The zero-order valence-corrected chi connectivity index (χ0v) is 15.2. The number of benzene rings is 3. The van der Waals surface area contributed by atoms with Gasteiger partial charge in [-0.05, 0) is 41.8 Å². The number of rotatable bonds is 3. The maximum Gasteiger partial charge on any atom is 0.144 e. The van der Waals surface area contributed by atoms with Gasteiger partial charge in [-0.15, -0.1) is 0 Å². The summed E-state index contributed by atoms with van der Waals surface area (Å²) in [7, 11) is 0. The Morgan fingerprint density at radius 3 is 2.70 bits per heavy atom. The highest BCUT2D eigenvalue weighted by atomic mass is 16.5. The summed E-state index contributed by atoms with van der Waals surface area (Å²) in [5, 5.41) is 0. The van der Waals surface area contributed by atoms with Crippen molar-refractivity contribution < 1.29 is 4.74 Å². The maximum atomic E-state index is 5.65. The van der Waals surface area contributed by atoms with Gasteiger partial charge in [-0.3, -0.25) is 4.57 Å². The summed E-state index contributed by atoms with van der Waals surface area (Å²) in [6.07, 6.45) is 4.89. The van der Waals surface area contributed by atoms with E-state index in [2.05, 4.69) is 77.1 Å². The van der Waals surface area contributed by atoms with E-state index >= 15 is 0 Å². The lowest BCUT2D eigenvalue weighted by molar-refractivity contribution is 0.357. The molecule has 27 heavy (non-hydrogen) atoms. The highest BCUT2D eigenvalue weighted by Crippen LogP contribution is 2.34. The van der Waals surface area contributed by atoms with Crippen molar-refractivity contribution in [1.82, 2.24) is 9.55 Å². The molecule has 0 fully saturated rings. The average Bonchev–Trinajstić information content (AvgIpc) is 3.37. The van der Waals surface area contributed by atoms with Crippen molar-refractivity contribution in [2.45, 2.75) is 13.3 Å². The Morgan fingerprint density at radius 1 is 0.926 bits per heavy atom. The van der Waals surface area contributed by atoms with Crippen LogP contribution in [0.2, 0.25) is 0 Å². The molecule has 132 valence electrons. The van der Waals surface area contributed by atoms with Crippen molar-refractivity contribution in [3.8, 4) is 34.0 Å². The number of hydrogen-bond acceptors (Lipinski definition) is 2. The van der Waals surface area contributed by atoms with E-state index in [0.29, 0.717) is 0 Å². The lowest BCUT2D eigenvalue weighted by Crippen LogP contribution is -2.02. The lowest BCUT2D eigenvalue weighted by Gasteiger charge is -2.16. The number of nitrogens with zero attached hydrogens (tertiary/aromatic N) is 2. The quantitative estimate of drug-likeness (QED) is 0.490. The first-order valence-electron chi connectivity index (χ1n) is 9.26. The van der Waals surface area contributed by atoms with Crippen LogP contribution in [0.4, 0.5) is 0 Å². The van der Waals surface area contributed by atoms with Gasteiger partial charge in [0, 0.05) is 29.9 Å². The highest BCUT2D eigenvalue weighted by Gasteiger charge is 2.17. The second kappa shape index (κ2) is 6.44. The van der Waals surface area contributed by atoms with Crippen molar-refractivity contribution in [2.24, 2.45) is 0 Å². The van der Waals surface area contributed by atoms with Crippen molar-refractivity contribution in [2.75, 3.05) is 6.61 Å². The Hall–Kier alpha value is -3.33. The first-order valence-corrected chi connectivity index (χ1v) is 9.26. The largest absolute Gasteiger partial charge is 0.493 e. The fourth-order valence-corrected chi connectivity index (χ4v) is 3.85. The van der Waals surface area contributed by atoms with Gasteiger partial charge in [-0.2, -0.15) is 0 Å². The highest BCUT2D eigenvalue weighted by molar-refractivity contribution is 5.77. The molecule has 4 aromatic rings. The van der Waals surface area contributed by atoms with Crippen LogP contribution in [0.25, 0.3) is 28.2 Å². The average molecular weight is 352 g/mol. The molecule has 0 saturated carbocycles. The van der Waals surface area contributed by atoms with E-state index in [1.807, 2.05) is 18.5 Å². The molecule has 0 saturated heterocycles. The molecule has 3 heteroatoms. The molecule has 3 nitrogen and oxygen atoms in total. The molecule has 0 atom stereocenters. The van der Waals surface area contributed by atoms with Gasteiger partial charge >= 0.3 is 0 Å². The predicted octanol–water partition coefficient (Wildman–Crippen LogP) is 5.45. The third kappa shape index (κ3) is 2.72. The summed E-state index contributed by atoms with van der Waals surface area (Å²) >= 11 is 0. The molecule has 0 spiro atoms. The van der Waals surface area contributed by atoms with Gasteiger partial charge in [-0.25, -0.2) is 4.98 Å². The van der Waals surface area contributed by atoms with Crippen molar-refractivity contribution in [3.05, 3.63) is 90.3 Å². The van der Waals surface area contributed by atoms with Crippen LogP contribution in [0.1, 0.15) is 11.1 Å². The van der Waals surface area contributed by atoms with E-state index in [1.54, 1.807) is 0 Å². The Kier molecular flexibility index (Phi) is 3.79. The SMILES string of the molecule is Cc1cccc(-c2ccccc2)c1-n1ccnc1-c1ccc2c(c1)CCO2. The van der Waals surface area contributed by atoms with Gasteiger partial charge in [0.25, 0.3) is 0 Å². The van der Waals surface area contributed by atoms with Gasteiger partial charge < -0.3 is 4.74 Å². The summed E-state index contributed by atoms with van der Waals surface area (Å²) in [6.45, 7) is 2.92. The van der Waals surface area contributed by atoms with Crippen LogP contribution in [0.5, 0.6) is 5.75 Å². The van der Waals surface area contributed by atoms with Crippen LogP contribution in [-0.4, -0.2) is 16.2 Å². The standard InChI is InChI=1S/C24H20N2O/c1-17-6-5-9-21(18-7-3-2-4-8-18)23(17)26-14-13-25-24(26)20-10-11-22-19(16-20)12-15-27-22/h2-11,13-14,16H,12,15H2,1H3. The molecule has 5 rings (SSSR count). The molecule has 0 unspecified atom stereocenters. The Labute approximate surface area is 158 Å². The van der Waals surface area contributed by atoms with Crippen LogP contribution < -0.4 is 4.74 Å². The second-order valence-electron chi connectivity index (χ2n) is 6.88. The zero-order valence-electron chi connectivity index (χ0n) is 15.2. The van der Waals surface area contributed by atoms with Gasteiger partial charge in [0.1, 0.15) is 11.6 Å². The fourth-order valence-electron chi connectivity index (χ4n) is 3.85. The molecule has 2 heterocycles. The molecule has 1 aliphatic heterocycles. The monoisotopic (exact) mass is 352 g/mol. The predicted molar refractivity (Wildman–Crippen MR) is 108 cm³/mol. The van der Waals surface area contributed by atoms with E-state index < -0.39 is 0 Å². The maximum absolute atomic E-state index is 5.65. The topological polar surface area (TPSA) is 27.1 Å². The summed E-state index contributed by atoms with van der Waals surface area (Å²) in [4.78, 5) is 4.69.